The molecule has 2 aliphatic rings. The minimum atomic E-state index is 0.290. The van der Waals surface area contributed by atoms with Gasteiger partial charge >= 0.3 is 0 Å². The molecule has 0 amide bonds. The van der Waals surface area contributed by atoms with Gasteiger partial charge in [0.25, 0.3) is 0 Å². The SMILES string of the molecule is CCN(CC)Cc1cc(CN2CCN(C3CCCCC3)C(CCO)C2)ccc1OC. The van der Waals surface area contributed by atoms with Crippen molar-refractivity contribution in [3.63, 3.8) is 0 Å². The van der Waals surface area contributed by atoms with Crippen molar-refractivity contribution >= 4 is 0 Å². The van der Waals surface area contributed by atoms with Gasteiger partial charge in [0, 0.05) is 57.0 Å². The van der Waals surface area contributed by atoms with Crippen molar-refractivity contribution in [2.45, 2.75) is 77.5 Å². The maximum Gasteiger partial charge on any atom is 0.123 e. The van der Waals surface area contributed by atoms with E-state index in [4.69, 9.17) is 4.74 Å². The lowest BCUT2D eigenvalue weighted by molar-refractivity contribution is 0.0136. The monoisotopic (exact) mass is 417 g/mol. The zero-order valence-electron chi connectivity index (χ0n) is 19.5. The second-order valence-corrected chi connectivity index (χ2v) is 9.04. The Balaban J connectivity index is 1.65. The number of piperazine rings is 1. The molecule has 3 rings (SSSR count). The summed E-state index contributed by atoms with van der Waals surface area (Å²) in [6, 6.07) is 7.92. The van der Waals surface area contributed by atoms with Crippen LogP contribution in [0.3, 0.4) is 0 Å². The van der Waals surface area contributed by atoms with Crippen molar-refractivity contribution in [1.29, 1.82) is 0 Å². The van der Waals surface area contributed by atoms with E-state index in [1.807, 2.05) is 0 Å². The van der Waals surface area contributed by atoms with Crippen molar-refractivity contribution in [3.8, 4) is 5.75 Å². The second-order valence-electron chi connectivity index (χ2n) is 9.04. The summed E-state index contributed by atoms with van der Waals surface area (Å²) in [6.07, 6.45) is 7.72. The van der Waals surface area contributed by atoms with Crippen LogP contribution in [0.25, 0.3) is 0 Å². The van der Waals surface area contributed by atoms with Crippen LogP contribution >= 0.6 is 0 Å². The van der Waals surface area contributed by atoms with Crippen LogP contribution < -0.4 is 4.74 Å². The highest BCUT2D eigenvalue weighted by Gasteiger charge is 2.32. The third-order valence-electron chi connectivity index (χ3n) is 7.16. The zero-order valence-corrected chi connectivity index (χ0v) is 19.5. The van der Waals surface area contributed by atoms with Crippen molar-refractivity contribution in [2.24, 2.45) is 0 Å². The fraction of sp³-hybridized carbons (Fsp3) is 0.760. The van der Waals surface area contributed by atoms with E-state index in [0.717, 1.165) is 64.0 Å². The number of benzene rings is 1. The predicted octanol–water partition coefficient (Wildman–Crippen LogP) is 3.74. The average Bonchev–Trinajstić information content (AvgIpc) is 2.78. The molecule has 1 saturated heterocycles. The van der Waals surface area contributed by atoms with Gasteiger partial charge in [-0.15, -0.1) is 0 Å². The largest absolute Gasteiger partial charge is 0.496 e. The summed E-state index contributed by atoms with van der Waals surface area (Å²) in [5.41, 5.74) is 2.65. The van der Waals surface area contributed by atoms with E-state index in [-0.39, 0.29) is 6.61 Å². The molecule has 5 nitrogen and oxygen atoms in total. The summed E-state index contributed by atoms with van der Waals surface area (Å²) in [7, 11) is 1.77. The smallest absolute Gasteiger partial charge is 0.123 e. The molecule has 0 spiro atoms. The van der Waals surface area contributed by atoms with Crippen LogP contribution in [0.5, 0.6) is 5.75 Å². The molecular formula is C25H43N3O2. The van der Waals surface area contributed by atoms with Gasteiger partial charge in [-0.1, -0.05) is 39.2 Å². The Kier molecular flexibility index (Phi) is 9.44. The topological polar surface area (TPSA) is 39.2 Å². The molecule has 1 aromatic carbocycles. The maximum absolute atomic E-state index is 9.67. The summed E-state index contributed by atoms with van der Waals surface area (Å²) in [4.78, 5) is 7.75. The van der Waals surface area contributed by atoms with E-state index in [2.05, 4.69) is 46.7 Å². The Morgan fingerprint density at radius 2 is 1.87 bits per heavy atom. The lowest BCUT2D eigenvalue weighted by Crippen LogP contribution is -2.56. The van der Waals surface area contributed by atoms with E-state index in [1.54, 1.807) is 7.11 Å². The van der Waals surface area contributed by atoms with Gasteiger partial charge in [0.2, 0.25) is 0 Å². The molecule has 0 aromatic heterocycles. The van der Waals surface area contributed by atoms with Gasteiger partial charge in [-0.2, -0.15) is 0 Å². The summed E-state index contributed by atoms with van der Waals surface area (Å²) in [5, 5.41) is 9.67. The third kappa shape index (κ3) is 6.19. The molecule has 1 unspecified atom stereocenters. The van der Waals surface area contributed by atoms with E-state index >= 15 is 0 Å². The number of methoxy groups -OCH3 is 1. The van der Waals surface area contributed by atoms with Gasteiger partial charge < -0.3 is 9.84 Å². The van der Waals surface area contributed by atoms with E-state index < -0.39 is 0 Å². The highest BCUT2D eigenvalue weighted by atomic mass is 16.5. The first kappa shape index (κ1) is 23.5. The van der Waals surface area contributed by atoms with Gasteiger partial charge in [-0.25, -0.2) is 0 Å². The maximum atomic E-state index is 9.67. The molecule has 1 N–H and O–H groups in total. The molecule has 2 fully saturated rings. The van der Waals surface area contributed by atoms with Gasteiger partial charge in [-0.3, -0.25) is 14.7 Å². The number of hydrogen-bond acceptors (Lipinski definition) is 5. The number of rotatable bonds is 10. The predicted molar refractivity (Wildman–Crippen MR) is 124 cm³/mol. The summed E-state index contributed by atoms with van der Waals surface area (Å²) in [6.45, 7) is 12.1. The molecule has 1 aromatic rings. The molecular weight excluding hydrogens is 374 g/mol. The Bertz CT molecular complexity index is 629. The molecule has 30 heavy (non-hydrogen) atoms. The first-order valence-electron chi connectivity index (χ1n) is 12.2. The highest BCUT2D eigenvalue weighted by molar-refractivity contribution is 5.37. The van der Waals surface area contributed by atoms with Crippen molar-refractivity contribution in [1.82, 2.24) is 14.7 Å². The zero-order chi connectivity index (χ0) is 21.3. The molecule has 1 aliphatic carbocycles. The van der Waals surface area contributed by atoms with Gasteiger partial charge in [0.15, 0.2) is 0 Å². The molecule has 0 bridgehead atoms. The van der Waals surface area contributed by atoms with Crippen molar-refractivity contribution in [2.75, 3.05) is 46.4 Å². The Morgan fingerprint density at radius 3 is 2.53 bits per heavy atom. The standard InChI is InChI=1S/C25H43N3O2/c1-4-26(5-2)19-22-17-21(11-12-25(22)30-3)18-27-14-15-28(24(20-27)13-16-29)23-9-7-6-8-10-23/h11-12,17,23-24,29H,4-10,13-16,18-20H2,1-3H3. The molecule has 1 heterocycles. The normalized spacial score (nSPS) is 22.0. The summed E-state index contributed by atoms with van der Waals surface area (Å²) >= 11 is 0. The van der Waals surface area contributed by atoms with Crippen LogP contribution in [0.4, 0.5) is 0 Å². The molecule has 5 heteroatoms. The lowest BCUT2D eigenvalue weighted by atomic mass is 9.91. The highest BCUT2D eigenvalue weighted by Crippen LogP contribution is 2.28. The van der Waals surface area contributed by atoms with Crippen LogP contribution in [0.2, 0.25) is 0 Å². The second kappa shape index (κ2) is 12.0. The molecule has 1 atom stereocenters. The van der Waals surface area contributed by atoms with Crippen LogP contribution in [-0.4, -0.2) is 78.3 Å². The third-order valence-corrected chi connectivity index (χ3v) is 7.16. The summed E-state index contributed by atoms with van der Waals surface area (Å²) < 4.78 is 5.64. The van der Waals surface area contributed by atoms with Crippen LogP contribution in [0, 0.1) is 0 Å². The Morgan fingerprint density at radius 1 is 1.10 bits per heavy atom. The Hall–Kier alpha value is -1.14. The van der Waals surface area contributed by atoms with Gasteiger partial charge in [-0.05, 0) is 50.0 Å². The molecule has 1 aliphatic heterocycles. The minimum Gasteiger partial charge on any atom is -0.496 e. The average molecular weight is 418 g/mol. The van der Waals surface area contributed by atoms with E-state index in [9.17, 15) is 5.11 Å². The first-order chi connectivity index (χ1) is 14.7. The van der Waals surface area contributed by atoms with Crippen LogP contribution in [-0.2, 0) is 13.1 Å². The molecule has 1 saturated carbocycles. The number of hydrogen-bond donors (Lipinski definition) is 1. The first-order valence-corrected chi connectivity index (χ1v) is 12.2. The number of aliphatic hydroxyl groups is 1. The quantitative estimate of drug-likeness (QED) is 0.628. The van der Waals surface area contributed by atoms with Crippen molar-refractivity contribution < 1.29 is 9.84 Å². The molecule has 0 radical (unpaired) electrons. The van der Waals surface area contributed by atoms with E-state index in [1.165, 1.54) is 43.2 Å². The fourth-order valence-corrected chi connectivity index (χ4v) is 5.38. The number of aliphatic hydroxyl groups excluding tert-OH is 1. The molecule has 170 valence electrons. The fourth-order valence-electron chi connectivity index (χ4n) is 5.38. The van der Waals surface area contributed by atoms with Crippen LogP contribution in [0.15, 0.2) is 18.2 Å². The number of nitrogens with zero attached hydrogens (tertiary/aromatic N) is 3. The number of ether oxygens (including phenoxy) is 1. The van der Waals surface area contributed by atoms with Crippen molar-refractivity contribution in [3.05, 3.63) is 29.3 Å². The van der Waals surface area contributed by atoms with E-state index in [0.29, 0.717) is 6.04 Å². The van der Waals surface area contributed by atoms with Gasteiger partial charge in [0.05, 0.1) is 7.11 Å². The lowest BCUT2D eigenvalue weighted by Gasteiger charge is -2.46. The summed E-state index contributed by atoms with van der Waals surface area (Å²) in [5.74, 6) is 0.992. The van der Waals surface area contributed by atoms with Crippen LogP contribution in [0.1, 0.15) is 63.5 Å². The van der Waals surface area contributed by atoms with Gasteiger partial charge in [0.1, 0.15) is 5.75 Å². The Labute approximate surface area is 184 Å². The minimum absolute atomic E-state index is 0.290.